The van der Waals surface area contributed by atoms with Crippen molar-refractivity contribution < 1.29 is 14.3 Å². The van der Waals surface area contributed by atoms with Gasteiger partial charge in [0.25, 0.3) is 0 Å². The number of hydrogen-bond acceptors (Lipinski definition) is 5. The fourth-order valence-corrected chi connectivity index (χ4v) is 3.74. The Morgan fingerprint density at radius 3 is 2.88 bits per heavy atom. The van der Waals surface area contributed by atoms with E-state index in [-0.39, 0.29) is 5.97 Å². The largest absolute Gasteiger partial charge is 0.466 e. The van der Waals surface area contributed by atoms with Gasteiger partial charge in [-0.3, -0.25) is 14.4 Å². The van der Waals surface area contributed by atoms with Crippen molar-refractivity contribution in [2.75, 3.05) is 33.4 Å². The highest BCUT2D eigenvalue weighted by Crippen LogP contribution is 2.36. The summed E-state index contributed by atoms with van der Waals surface area (Å²) in [6.07, 6.45) is 5.65. The summed E-state index contributed by atoms with van der Waals surface area (Å²) in [5.74, 6) is -0.0739. The first-order chi connectivity index (χ1) is 12.1. The Morgan fingerprint density at radius 1 is 1.40 bits per heavy atom. The molecule has 1 fully saturated rings. The Bertz CT molecular complexity index is 558. The molecule has 1 aliphatic rings. The van der Waals surface area contributed by atoms with Gasteiger partial charge in [0, 0.05) is 44.6 Å². The Morgan fingerprint density at radius 2 is 2.20 bits per heavy atom. The SMILES string of the molecule is CCCn1ncc(CN2CCC[C@](CCOC)(C(=O)OCC)C2)c1C. The highest BCUT2D eigenvalue weighted by molar-refractivity contribution is 5.77. The number of likely N-dealkylation sites (tertiary alicyclic amines) is 1. The van der Waals surface area contributed by atoms with Gasteiger partial charge in [-0.2, -0.15) is 5.10 Å². The number of carbonyl (C=O) groups excluding carboxylic acids is 1. The van der Waals surface area contributed by atoms with Gasteiger partial charge in [-0.05, 0) is 46.1 Å². The van der Waals surface area contributed by atoms with Crippen LogP contribution >= 0.6 is 0 Å². The van der Waals surface area contributed by atoms with Crippen LogP contribution in [0, 0.1) is 12.3 Å². The fourth-order valence-electron chi connectivity index (χ4n) is 3.74. The lowest BCUT2D eigenvalue weighted by atomic mass is 9.77. The van der Waals surface area contributed by atoms with Crippen LogP contribution in [0.15, 0.2) is 6.20 Å². The highest BCUT2D eigenvalue weighted by atomic mass is 16.5. The van der Waals surface area contributed by atoms with E-state index in [1.165, 1.54) is 11.3 Å². The molecule has 6 nitrogen and oxygen atoms in total. The van der Waals surface area contributed by atoms with E-state index in [4.69, 9.17) is 9.47 Å². The molecule has 0 amide bonds. The van der Waals surface area contributed by atoms with Crippen LogP contribution in [0.5, 0.6) is 0 Å². The van der Waals surface area contributed by atoms with Gasteiger partial charge in [0.05, 0.1) is 18.2 Å². The Kier molecular flexibility index (Phi) is 7.44. The van der Waals surface area contributed by atoms with Crippen molar-refractivity contribution in [2.45, 2.75) is 59.5 Å². The molecule has 1 aliphatic heterocycles. The maximum absolute atomic E-state index is 12.7. The molecule has 0 spiro atoms. The van der Waals surface area contributed by atoms with E-state index in [9.17, 15) is 4.79 Å². The molecule has 0 aliphatic carbocycles. The van der Waals surface area contributed by atoms with Gasteiger partial charge in [0.1, 0.15) is 0 Å². The molecule has 142 valence electrons. The number of hydrogen-bond donors (Lipinski definition) is 0. The number of ether oxygens (including phenoxy) is 2. The van der Waals surface area contributed by atoms with Crippen molar-refractivity contribution in [3.8, 4) is 0 Å². The number of piperidine rings is 1. The standard InChI is InChI=1S/C19H33N3O3/c1-5-10-22-16(3)17(13-20-22)14-21-11-7-8-19(15-21,9-12-24-4)18(23)25-6-2/h13H,5-12,14-15H2,1-4H3/t19-/m1/s1. The molecule has 2 heterocycles. The van der Waals surface area contributed by atoms with Crippen LogP contribution in [-0.4, -0.2) is 54.1 Å². The van der Waals surface area contributed by atoms with Crippen LogP contribution in [-0.2, 0) is 27.4 Å². The van der Waals surface area contributed by atoms with Crippen molar-refractivity contribution in [3.63, 3.8) is 0 Å². The molecule has 0 bridgehead atoms. The Balaban J connectivity index is 2.10. The molecule has 1 atom stereocenters. The number of esters is 1. The average Bonchev–Trinajstić information content (AvgIpc) is 2.94. The quantitative estimate of drug-likeness (QED) is 0.640. The number of aromatic nitrogens is 2. The second-order valence-electron chi connectivity index (χ2n) is 7.04. The van der Waals surface area contributed by atoms with Crippen molar-refractivity contribution in [3.05, 3.63) is 17.5 Å². The summed E-state index contributed by atoms with van der Waals surface area (Å²) in [4.78, 5) is 15.0. The zero-order valence-corrected chi connectivity index (χ0v) is 16.2. The maximum atomic E-state index is 12.7. The van der Waals surface area contributed by atoms with E-state index in [2.05, 4.69) is 28.5 Å². The van der Waals surface area contributed by atoms with Crippen LogP contribution in [0.1, 0.15) is 50.8 Å². The summed E-state index contributed by atoms with van der Waals surface area (Å²) in [5, 5.41) is 4.50. The maximum Gasteiger partial charge on any atom is 0.313 e. The van der Waals surface area contributed by atoms with E-state index >= 15 is 0 Å². The minimum Gasteiger partial charge on any atom is -0.466 e. The second kappa shape index (κ2) is 9.34. The summed E-state index contributed by atoms with van der Waals surface area (Å²) in [6.45, 7) is 10.7. The second-order valence-corrected chi connectivity index (χ2v) is 7.04. The van der Waals surface area contributed by atoms with Crippen molar-refractivity contribution in [1.82, 2.24) is 14.7 Å². The van der Waals surface area contributed by atoms with Crippen molar-refractivity contribution in [2.24, 2.45) is 5.41 Å². The zero-order valence-electron chi connectivity index (χ0n) is 16.2. The number of nitrogens with zero attached hydrogens (tertiary/aromatic N) is 3. The summed E-state index contributed by atoms with van der Waals surface area (Å²) in [6, 6.07) is 0. The van der Waals surface area contributed by atoms with Crippen molar-refractivity contribution in [1.29, 1.82) is 0 Å². The topological polar surface area (TPSA) is 56.6 Å². The number of methoxy groups -OCH3 is 1. The lowest BCUT2D eigenvalue weighted by molar-refractivity contribution is -0.160. The monoisotopic (exact) mass is 351 g/mol. The van der Waals surface area contributed by atoms with Gasteiger partial charge in [-0.25, -0.2) is 0 Å². The van der Waals surface area contributed by atoms with E-state index in [0.717, 1.165) is 45.4 Å². The van der Waals surface area contributed by atoms with Crippen LogP contribution in [0.3, 0.4) is 0 Å². The lowest BCUT2D eigenvalue weighted by Crippen LogP contribution is -2.48. The molecule has 0 N–H and O–H groups in total. The first-order valence-corrected chi connectivity index (χ1v) is 9.46. The highest BCUT2D eigenvalue weighted by Gasteiger charge is 2.43. The molecular formula is C19H33N3O3. The number of aryl methyl sites for hydroxylation is 1. The third-order valence-corrected chi connectivity index (χ3v) is 5.18. The molecule has 25 heavy (non-hydrogen) atoms. The van der Waals surface area contributed by atoms with Gasteiger partial charge in [0.2, 0.25) is 0 Å². The fraction of sp³-hybridized carbons (Fsp3) is 0.789. The summed E-state index contributed by atoms with van der Waals surface area (Å²) < 4.78 is 12.7. The molecule has 1 aromatic heterocycles. The Labute approximate surface area is 151 Å². The van der Waals surface area contributed by atoms with Crippen LogP contribution in [0.4, 0.5) is 0 Å². The van der Waals surface area contributed by atoms with E-state index in [1.54, 1.807) is 7.11 Å². The lowest BCUT2D eigenvalue weighted by Gasteiger charge is -2.41. The van der Waals surface area contributed by atoms with Gasteiger partial charge in [-0.15, -0.1) is 0 Å². The molecular weight excluding hydrogens is 318 g/mol. The van der Waals surface area contributed by atoms with Gasteiger partial charge >= 0.3 is 5.97 Å². The Hall–Kier alpha value is -1.40. The summed E-state index contributed by atoms with van der Waals surface area (Å²) in [7, 11) is 1.69. The summed E-state index contributed by atoms with van der Waals surface area (Å²) in [5.41, 5.74) is 2.03. The van der Waals surface area contributed by atoms with E-state index < -0.39 is 5.41 Å². The van der Waals surface area contributed by atoms with Gasteiger partial charge in [-0.1, -0.05) is 6.92 Å². The van der Waals surface area contributed by atoms with E-state index in [0.29, 0.717) is 19.6 Å². The normalized spacial score (nSPS) is 21.4. The minimum atomic E-state index is -0.447. The third kappa shape index (κ3) is 4.82. The molecule has 0 radical (unpaired) electrons. The van der Waals surface area contributed by atoms with Crippen LogP contribution in [0.25, 0.3) is 0 Å². The number of rotatable bonds is 9. The van der Waals surface area contributed by atoms with Crippen LogP contribution in [0.2, 0.25) is 0 Å². The predicted octanol–water partition coefficient (Wildman–Crippen LogP) is 2.78. The molecule has 0 aromatic carbocycles. The van der Waals surface area contributed by atoms with Crippen molar-refractivity contribution >= 4 is 5.97 Å². The zero-order chi connectivity index (χ0) is 18.3. The molecule has 2 rings (SSSR count). The molecule has 1 aromatic rings. The molecule has 1 saturated heterocycles. The molecule has 0 unspecified atom stereocenters. The molecule has 6 heteroatoms. The number of carbonyl (C=O) groups is 1. The smallest absolute Gasteiger partial charge is 0.313 e. The van der Waals surface area contributed by atoms with Gasteiger partial charge in [0.15, 0.2) is 0 Å². The average molecular weight is 351 g/mol. The summed E-state index contributed by atoms with van der Waals surface area (Å²) >= 11 is 0. The van der Waals surface area contributed by atoms with E-state index in [1.807, 2.05) is 13.1 Å². The van der Waals surface area contributed by atoms with Gasteiger partial charge < -0.3 is 9.47 Å². The first-order valence-electron chi connectivity index (χ1n) is 9.46. The predicted molar refractivity (Wildman–Crippen MR) is 97.3 cm³/mol. The molecule has 0 saturated carbocycles. The first kappa shape index (κ1) is 19.9. The van der Waals surface area contributed by atoms with Crippen LogP contribution < -0.4 is 0 Å². The third-order valence-electron chi connectivity index (χ3n) is 5.18. The minimum absolute atomic E-state index is 0.0739.